The highest BCUT2D eigenvalue weighted by atomic mass is 16.5. The van der Waals surface area contributed by atoms with Gasteiger partial charge in [0.25, 0.3) is 0 Å². The minimum atomic E-state index is 0.715. The summed E-state index contributed by atoms with van der Waals surface area (Å²) in [5.74, 6) is 2.23. The van der Waals surface area contributed by atoms with Gasteiger partial charge in [0.2, 0.25) is 0 Å². The van der Waals surface area contributed by atoms with Crippen molar-refractivity contribution in [3.05, 3.63) is 65.7 Å². The van der Waals surface area contributed by atoms with Gasteiger partial charge in [0.1, 0.15) is 5.75 Å². The van der Waals surface area contributed by atoms with E-state index < -0.39 is 0 Å². The molecule has 0 aliphatic rings. The maximum Gasteiger partial charge on any atom is 0.169 e. The lowest BCUT2D eigenvalue weighted by atomic mass is 10.2. The van der Waals surface area contributed by atoms with Crippen molar-refractivity contribution in [1.29, 1.82) is 0 Å². The van der Waals surface area contributed by atoms with Crippen LogP contribution in [0.3, 0.4) is 0 Å². The maximum atomic E-state index is 5.94. The van der Waals surface area contributed by atoms with Gasteiger partial charge in [-0.05, 0) is 49.2 Å². The molecule has 2 nitrogen and oxygen atoms in total. The van der Waals surface area contributed by atoms with Crippen LogP contribution in [0.4, 0.5) is 0 Å². The molecule has 0 saturated heterocycles. The molecule has 2 aromatic rings. The van der Waals surface area contributed by atoms with Crippen LogP contribution >= 0.6 is 0 Å². The van der Waals surface area contributed by atoms with Gasteiger partial charge in [-0.3, -0.25) is 0 Å². The summed E-state index contributed by atoms with van der Waals surface area (Å²) in [6.07, 6.45) is 8.09. The second-order valence-corrected chi connectivity index (χ2v) is 4.58. The Labute approximate surface area is 126 Å². The van der Waals surface area contributed by atoms with Crippen LogP contribution in [0.25, 0.3) is 12.2 Å². The van der Waals surface area contributed by atoms with Crippen molar-refractivity contribution in [2.75, 3.05) is 7.11 Å². The van der Waals surface area contributed by atoms with Gasteiger partial charge in [-0.25, -0.2) is 0 Å². The average Bonchev–Trinajstić information content (AvgIpc) is 2.50. The van der Waals surface area contributed by atoms with Gasteiger partial charge in [0, 0.05) is 0 Å². The first-order valence-electron chi connectivity index (χ1n) is 6.98. The normalized spacial score (nSPS) is 11.2. The predicted molar refractivity (Wildman–Crippen MR) is 88.9 cm³/mol. The van der Waals surface area contributed by atoms with Crippen molar-refractivity contribution in [3.8, 4) is 17.2 Å². The van der Waals surface area contributed by atoms with Gasteiger partial charge in [-0.15, -0.1) is 0 Å². The monoisotopic (exact) mass is 280 g/mol. The van der Waals surface area contributed by atoms with Gasteiger partial charge < -0.3 is 9.47 Å². The highest BCUT2D eigenvalue weighted by molar-refractivity contribution is 5.57. The Kier molecular flexibility index (Phi) is 5.22. The third-order valence-electron chi connectivity index (χ3n) is 3.01. The van der Waals surface area contributed by atoms with Gasteiger partial charge >= 0.3 is 0 Å². The van der Waals surface area contributed by atoms with Crippen molar-refractivity contribution >= 4 is 12.2 Å². The number of benzene rings is 2. The molecule has 0 atom stereocenters. The van der Waals surface area contributed by atoms with E-state index in [1.807, 2.05) is 74.5 Å². The molecule has 108 valence electrons. The lowest BCUT2D eigenvalue weighted by Gasteiger charge is -2.11. The van der Waals surface area contributed by atoms with Crippen LogP contribution in [-0.2, 0) is 0 Å². The first kappa shape index (κ1) is 14.9. The van der Waals surface area contributed by atoms with Crippen molar-refractivity contribution < 1.29 is 9.47 Å². The molecule has 0 N–H and O–H groups in total. The topological polar surface area (TPSA) is 18.5 Å². The van der Waals surface area contributed by atoms with Crippen molar-refractivity contribution in [2.24, 2.45) is 0 Å². The minimum Gasteiger partial charge on any atom is -0.493 e. The highest BCUT2D eigenvalue weighted by Crippen LogP contribution is 2.32. The summed E-state index contributed by atoms with van der Waals surface area (Å²) >= 11 is 0. The number of rotatable bonds is 5. The zero-order valence-electron chi connectivity index (χ0n) is 12.7. The van der Waals surface area contributed by atoms with Crippen molar-refractivity contribution in [2.45, 2.75) is 13.8 Å². The number of ether oxygens (including phenoxy) is 2. The van der Waals surface area contributed by atoms with Crippen LogP contribution in [-0.4, -0.2) is 7.11 Å². The van der Waals surface area contributed by atoms with E-state index in [1.54, 1.807) is 7.11 Å². The number of allylic oxidation sites excluding steroid dienone is 2. The van der Waals surface area contributed by atoms with Gasteiger partial charge in [0.15, 0.2) is 11.5 Å². The van der Waals surface area contributed by atoms with Crippen molar-refractivity contribution in [1.82, 2.24) is 0 Å². The van der Waals surface area contributed by atoms with Crippen LogP contribution in [0.1, 0.15) is 25.0 Å². The summed E-state index contributed by atoms with van der Waals surface area (Å²) in [7, 11) is 1.65. The lowest BCUT2D eigenvalue weighted by molar-refractivity contribution is 0.379. The molecule has 0 spiro atoms. The number of hydrogen-bond acceptors (Lipinski definition) is 2. The lowest BCUT2D eigenvalue weighted by Crippen LogP contribution is -1.91. The Morgan fingerprint density at radius 3 is 2.00 bits per heavy atom. The molecule has 0 fully saturated rings. The summed E-state index contributed by atoms with van der Waals surface area (Å²) < 4.78 is 11.3. The summed E-state index contributed by atoms with van der Waals surface area (Å²) in [6, 6.07) is 13.8. The molecular weight excluding hydrogens is 260 g/mol. The highest BCUT2D eigenvalue weighted by Gasteiger charge is 2.06. The SMILES string of the molecule is C/C=C/c1ccc(Oc2cc(/C=C/C)ccc2OC)cc1. The molecule has 2 rings (SSSR count). The van der Waals surface area contributed by atoms with E-state index in [2.05, 4.69) is 6.08 Å². The van der Waals surface area contributed by atoms with Crippen LogP contribution in [0, 0.1) is 0 Å². The van der Waals surface area contributed by atoms with Crippen LogP contribution < -0.4 is 9.47 Å². The zero-order valence-corrected chi connectivity index (χ0v) is 12.7. The Bertz CT molecular complexity index is 637. The predicted octanol–water partition coefficient (Wildman–Crippen LogP) is 5.55. The summed E-state index contributed by atoms with van der Waals surface area (Å²) in [4.78, 5) is 0. The quantitative estimate of drug-likeness (QED) is 0.714. The molecule has 0 aliphatic heterocycles. The molecule has 0 aliphatic carbocycles. The van der Waals surface area contributed by atoms with E-state index in [9.17, 15) is 0 Å². The third kappa shape index (κ3) is 3.99. The van der Waals surface area contributed by atoms with Gasteiger partial charge in [0.05, 0.1) is 7.11 Å². The fourth-order valence-electron chi connectivity index (χ4n) is 2.04. The fraction of sp³-hybridized carbons (Fsp3) is 0.158. The summed E-state index contributed by atoms with van der Waals surface area (Å²) in [6.45, 7) is 3.99. The number of hydrogen-bond donors (Lipinski definition) is 0. The van der Waals surface area contributed by atoms with E-state index in [4.69, 9.17) is 9.47 Å². The molecule has 2 aromatic carbocycles. The van der Waals surface area contributed by atoms with E-state index in [-0.39, 0.29) is 0 Å². The number of methoxy groups -OCH3 is 1. The molecule has 0 heterocycles. The fourth-order valence-corrected chi connectivity index (χ4v) is 2.04. The molecule has 0 unspecified atom stereocenters. The summed E-state index contributed by atoms with van der Waals surface area (Å²) in [5, 5.41) is 0. The van der Waals surface area contributed by atoms with Crippen molar-refractivity contribution in [3.63, 3.8) is 0 Å². The van der Waals surface area contributed by atoms with Gasteiger partial charge in [-0.2, -0.15) is 0 Å². The van der Waals surface area contributed by atoms with Crippen LogP contribution in [0.5, 0.6) is 17.2 Å². The van der Waals surface area contributed by atoms with E-state index in [0.717, 1.165) is 22.6 Å². The Hall–Kier alpha value is -2.48. The third-order valence-corrected chi connectivity index (χ3v) is 3.01. The first-order valence-corrected chi connectivity index (χ1v) is 6.98. The van der Waals surface area contributed by atoms with E-state index in [0.29, 0.717) is 5.75 Å². The second-order valence-electron chi connectivity index (χ2n) is 4.58. The van der Waals surface area contributed by atoms with E-state index in [1.165, 1.54) is 0 Å². The Balaban J connectivity index is 2.26. The molecule has 0 aromatic heterocycles. The molecule has 0 saturated carbocycles. The Morgan fingerprint density at radius 2 is 1.38 bits per heavy atom. The maximum absolute atomic E-state index is 5.94. The molecule has 0 amide bonds. The Morgan fingerprint density at radius 1 is 0.762 bits per heavy atom. The minimum absolute atomic E-state index is 0.715. The van der Waals surface area contributed by atoms with E-state index >= 15 is 0 Å². The standard InChI is InChI=1S/C19H20O2/c1-4-6-15-8-11-17(12-9-15)21-19-14-16(7-5-2)10-13-18(19)20-3/h4-14H,1-3H3/b6-4+,7-5+. The molecule has 0 radical (unpaired) electrons. The average molecular weight is 280 g/mol. The van der Waals surface area contributed by atoms with Gasteiger partial charge in [-0.1, -0.05) is 42.5 Å². The largest absolute Gasteiger partial charge is 0.493 e. The van der Waals surface area contributed by atoms with Crippen LogP contribution in [0.2, 0.25) is 0 Å². The van der Waals surface area contributed by atoms with Crippen LogP contribution in [0.15, 0.2) is 54.6 Å². The first-order chi connectivity index (χ1) is 10.3. The second kappa shape index (κ2) is 7.34. The molecule has 0 bridgehead atoms. The molecule has 21 heavy (non-hydrogen) atoms. The molecular formula is C19H20O2. The smallest absolute Gasteiger partial charge is 0.169 e. The summed E-state index contributed by atoms with van der Waals surface area (Å²) in [5.41, 5.74) is 2.23. The molecule has 2 heteroatoms. The zero-order chi connectivity index (χ0) is 15.1.